The summed E-state index contributed by atoms with van der Waals surface area (Å²) in [6, 6.07) is 0. The van der Waals surface area contributed by atoms with E-state index >= 15 is 0 Å². The maximum absolute atomic E-state index is 11.8. The molecule has 1 spiro atoms. The molecule has 0 unspecified atom stereocenters. The number of cyclic esters (lactones) is 1. The van der Waals surface area contributed by atoms with Gasteiger partial charge in [0.25, 0.3) is 5.60 Å². The highest BCUT2D eigenvalue weighted by Gasteiger charge is 2.67. The van der Waals surface area contributed by atoms with Crippen LogP contribution in [0.2, 0.25) is 0 Å². The molecule has 0 amide bonds. The summed E-state index contributed by atoms with van der Waals surface area (Å²) in [5.74, 6) is -0.542. The molecule has 0 aromatic rings. The quantitative estimate of drug-likeness (QED) is 0.366. The Morgan fingerprint density at radius 1 is 1.53 bits per heavy atom. The van der Waals surface area contributed by atoms with E-state index in [2.05, 4.69) is 6.58 Å². The average Bonchev–Trinajstić information content (AvgIpc) is 2.62. The minimum atomic E-state index is -1.53. The number of hydrogen-bond acceptors (Lipinski definition) is 4. The van der Waals surface area contributed by atoms with Crippen LogP contribution in [-0.4, -0.2) is 24.0 Å². The van der Waals surface area contributed by atoms with Gasteiger partial charge in [0.05, 0.1) is 11.2 Å². The Morgan fingerprint density at radius 2 is 2.20 bits per heavy atom. The van der Waals surface area contributed by atoms with Crippen LogP contribution in [-0.2, 0) is 19.1 Å². The lowest BCUT2D eigenvalue weighted by Crippen LogP contribution is -2.52. The SMILES string of the molecule is C=C[C@@]1(C)COC(=O)[C@]12OC(C)=CC2=O. The maximum atomic E-state index is 11.8. The van der Waals surface area contributed by atoms with E-state index < -0.39 is 17.0 Å². The molecule has 0 saturated carbocycles. The van der Waals surface area contributed by atoms with Gasteiger partial charge < -0.3 is 9.47 Å². The molecule has 0 aromatic heterocycles. The zero-order valence-electron chi connectivity index (χ0n) is 8.70. The monoisotopic (exact) mass is 208 g/mol. The summed E-state index contributed by atoms with van der Waals surface area (Å²) in [5.41, 5.74) is -2.33. The molecular formula is C11H12O4. The van der Waals surface area contributed by atoms with Gasteiger partial charge in [0.2, 0.25) is 5.78 Å². The van der Waals surface area contributed by atoms with E-state index in [0.717, 1.165) is 0 Å². The smallest absolute Gasteiger partial charge is 0.359 e. The van der Waals surface area contributed by atoms with Crippen LogP contribution in [0.3, 0.4) is 0 Å². The second-order valence-electron chi connectivity index (χ2n) is 4.10. The molecule has 0 aliphatic carbocycles. The van der Waals surface area contributed by atoms with Gasteiger partial charge in [0.15, 0.2) is 0 Å². The van der Waals surface area contributed by atoms with Crippen LogP contribution in [0.25, 0.3) is 0 Å². The maximum Gasteiger partial charge on any atom is 0.359 e. The fourth-order valence-corrected chi connectivity index (χ4v) is 2.00. The summed E-state index contributed by atoms with van der Waals surface area (Å²) in [7, 11) is 0. The van der Waals surface area contributed by atoms with Crippen LogP contribution in [0.5, 0.6) is 0 Å². The normalized spacial score (nSPS) is 38.9. The molecular weight excluding hydrogens is 196 g/mol. The molecule has 0 aromatic carbocycles. The van der Waals surface area contributed by atoms with Gasteiger partial charge in [0, 0.05) is 6.08 Å². The van der Waals surface area contributed by atoms with Gasteiger partial charge in [-0.05, 0) is 13.8 Å². The lowest BCUT2D eigenvalue weighted by Gasteiger charge is -2.31. The summed E-state index contributed by atoms with van der Waals surface area (Å²) < 4.78 is 10.3. The molecule has 2 aliphatic heterocycles. The number of hydrogen-bond donors (Lipinski definition) is 0. The molecule has 0 bridgehead atoms. The molecule has 2 rings (SSSR count). The van der Waals surface area contributed by atoms with Gasteiger partial charge in [-0.3, -0.25) is 4.79 Å². The Labute approximate surface area is 87.5 Å². The van der Waals surface area contributed by atoms with Crippen LogP contribution in [0.4, 0.5) is 0 Å². The molecule has 0 radical (unpaired) electrons. The van der Waals surface area contributed by atoms with E-state index in [0.29, 0.717) is 5.76 Å². The first-order valence-electron chi connectivity index (χ1n) is 4.69. The number of allylic oxidation sites excluding steroid dienone is 1. The van der Waals surface area contributed by atoms with Gasteiger partial charge in [-0.25, -0.2) is 4.79 Å². The lowest BCUT2D eigenvalue weighted by molar-refractivity contribution is -0.160. The van der Waals surface area contributed by atoms with E-state index in [4.69, 9.17) is 9.47 Å². The molecule has 2 atom stereocenters. The van der Waals surface area contributed by atoms with Crippen LogP contribution < -0.4 is 0 Å². The summed E-state index contributed by atoms with van der Waals surface area (Å²) in [6.07, 6.45) is 2.87. The highest BCUT2D eigenvalue weighted by Crippen LogP contribution is 2.47. The number of ketones is 1. The van der Waals surface area contributed by atoms with E-state index in [1.807, 2.05) is 0 Å². The van der Waals surface area contributed by atoms with Gasteiger partial charge in [-0.2, -0.15) is 0 Å². The highest BCUT2D eigenvalue weighted by atomic mass is 16.6. The first-order chi connectivity index (χ1) is 6.96. The summed E-state index contributed by atoms with van der Waals surface area (Å²) in [6.45, 7) is 7.14. The molecule has 80 valence electrons. The zero-order chi connectivity index (χ0) is 11.3. The third kappa shape index (κ3) is 0.963. The zero-order valence-corrected chi connectivity index (χ0v) is 8.70. The number of carbonyl (C=O) groups excluding carboxylic acids is 2. The van der Waals surface area contributed by atoms with Crippen LogP contribution >= 0.6 is 0 Å². The Bertz CT molecular complexity index is 395. The van der Waals surface area contributed by atoms with Crippen molar-refractivity contribution in [2.45, 2.75) is 19.4 Å². The van der Waals surface area contributed by atoms with Crippen LogP contribution in [0, 0.1) is 5.41 Å². The van der Waals surface area contributed by atoms with Crippen LogP contribution in [0.15, 0.2) is 24.5 Å². The molecule has 4 heteroatoms. The second-order valence-corrected chi connectivity index (χ2v) is 4.10. The molecule has 4 nitrogen and oxygen atoms in total. The Kier molecular flexibility index (Phi) is 1.80. The molecule has 0 N–H and O–H groups in total. The van der Waals surface area contributed by atoms with Gasteiger partial charge >= 0.3 is 5.97 Å². The predicted octanol–water partition coefficient (Wildman–Crippen LogP) is 0.977. The van der Waals surface area contributed by atoms with E-state index in [9.17, 15) is 9.59 Å². The van der Waals surface area contributed by atoms with Gasteiger partial charge in [0.1, 0.15) is 6.61 Å². The van der Waals surface area contributed by atoms with E-state index in [1.54, 1.807) is 19.9 Å². The van der Waals surface area contributed by atoms with Crippen molar-refractivity contribution in [1.82, 2.24) is 0 Å². The van der Waals surface area contributed by atoms with Crippen molar-refractivity contribution >= 4 is 11.8 Å². The van der Waals surface area contributed by atoms with Crippen molar-refractivity contribution in [3.8, 4) is 0 Å². The Morgan fingerprint density at radius 3 is 2.67 bits per heavy atom. The second kappa shape index (κ2) is 2.72. The minimum Gasteiger partial charge on any atom is -0.471 e. The lowest BCUT2D eigenvalue weighted by atomic mass is 9.73. The topological polar surface area (TPSA) is 52.6 Å². The molecule has 1 saturated heterocycles. The number of rotatable bonds is 1. The van der Waals surface area contributed by atoms with Gasteiger partial charge in [-0.1, -0.05) is 6.08 Å². The largest absolute Gasteiger partial charge is 0.471 e. The number of carbonyl (C=O) groups is 2. The van der Waals surface area contributed by atoms with E-state index in [-0.39, 0.29) is 12.4 Å². The summed E-state index contributed by atoms with van der Waals surface area (Å²) in [5, 5.41) is 0. The van der Waals surface area contributed by atoms with Gasteiger partial charge in [-0.15, -0.1) is 6.58 Å². The van der Waals surface area contributed by atoms with Crippen molar-refractivity contribution in [1.29, 1.82) is 0 Å². The molecule has 2 aliphatic rings. The minimum absolute atomic E-state index is 0.127. The fraction of sp³-hybridized carbons (Fsp3) is 0.455. The van der Waals surface area contributed by atoms with Crippen LogP contribution in [0.1, 0.15) is 13.8 Å². The van der Waals surface area contributed by atoms with Crippen molar-refractivity contribution in [2.75, 3.05) is 6.61 Å². The first kappa shape index (κ1) is 9.96. The van der Waals surface area contributed by atoms with Crippen molar-refractivity contribution in [3.63, 3.8) is 0 Å². The first-order valence-corrected chi connectivity index (χ1v) is 4.69. The number of esters is 1. The Balaban J connectivity index is 2.55. The summed E-state index contributed by atoms with van der Waals surface area (Å²) in [4.78, 5) is 23.5. The third-order valence-electron chi connectivity index (χ3n) is 3.04. The number of ether oxygens (including phenoxy) is 2. The van der Waals surface area contributed by atoms with Crippen molar-refractivity contribution in [3.05, 3.63) is 24.5 Å². The fourth-order valence-electron chi connectivity index (χ4n) is 2.00. The highest BCUT2D eigenvalue weighted by molar-refractivity contribution is 6.16. The molecule has 15 heavy (non-hydrogen) atoms. The van der Waals surface area contributed by atoms with Crippen molar-refractivity contribution < 1.29 is 19.1 Å². The average molecular weight is 208 g/mol. The standard InChI is InChI=1S/C11H12O4/c1-4-10(3)6-14-9(13)11(10)8(12)5-7(2)15-11/h4-5H,1,6H2,2-3H3/t10-,11-/m0/s1. The summed E-state index contributed by atoms with van der Waals surface area (Å²) >= 11 is 0. The predicted molar refractivity (Wildman–Crippen MR) is 51.8 cm³/mol. The van der Waals surface area contributed by atoms with E-state index in [1.165, 1.54) is 6.08 Å². The van der Waals surface area contributed by atoms with Crippen molar-refractivity contribution in [2.24, 2.45) is 5.41 Å². The molecule has 1 fully saturated rings. The Hall–Kier alpha value is -1.58. The molecule has 2 heterocycles. The third-order valence-corrected chi connectivity index (χ3v) is 3.04.